The lowest BCUT2D eigenvalue weighted by Gasteiger charge is -2.33. The highest BCUT2D eigenvalue weighted by Crippen LogP contribution is 2.23. The molecule has 0 saturated carbocycles. The second-order valence-corrected chi connectivity index (χ2v) is 11.0. The summed E-state index contributed by atoms with van der Waals surface area (Å²) in [6.07, 6.45) is 2.83. The van der Waals surface area contributed by atoms with Crippen LogP contribution in [0.3, 0.4) is 0 Å². The Balaban J connectivity index is 2.02. The van der Waals surface area contributed by atoms with Crippen molar-refractivity contribution in [1.82, 2.24) is 10.2 Å². The number of unbranched alkanes of at least 4 members (excludes halogenated alkanes) is 1. The van der Waals surface area contributed by atoms with Crippen molar-refractivity contribution in [2.75, 3.05) is 23.7 Å². The molecule has 0 aromatic heterocycles. The molecule has 38 heavy (non-hydrogen) atoms. The number of halogens is 1. The Hall–Kier alpha value is -3.72. The fourth-order valence-electron chi connectivity index (χ4n) is 4.09. The van der Waals surface area contributed by atoms with E-state index in [1.807, 2.05) is 67.6 Å². The van der Waals surface area contributed by atoms with Crippen LogP contribution < -0.4 is 9.62 Å². The summed E-state index contributed by atoms with van der Waals surface area (Å²) >= 11 is 0. The van der Waals surface area contributed by atoms with E-state index in [4.69, 9.17) is 0 Å². The van der Waals surface area contributed by atoms with E-state index in [0.717, 1.165) is 40.6 Å². The molecule has 0 heterocycles. The first-order valence-electron chi connectivity index (χ1n) is 12.6. The van der Waals surface area contributed by atoms with E-state index in [2.05, 4.69) is 5.32 Å². The van der Waals surface area contributed by atoms with Crippen molar-refractivity contribution in [2.24, 2.45) is 0 Å². The first kappa shape index (κ1) is 28.8. The van der Waals surface area contributed by atoms with Crippen molar-refractivity contribution in [3.8, 4) is 0 Å². The quantitative estimate of drug-likeness (QED) is 0.331. The summed E-state index contributed by atoms with van der Waals surface area (Å²) in [5.74, 6) is -1.71. The normalized spacial score (nSPS) is 12.0. The van der Waals surface area contributed by atoms with Gasteiger partial charge in [0, 0.05) is 19.5 Å². The summed E-state index contributed by atoms with van der Waals surface area (Å²) in [5, 5.41) is 2.92. The molecule has 2 amide bonds. The number of nitrogens with zero attached hydrogens (tertiary/aromatic N) is 2. The average Bonchev–Trinajstić information content (AvgIpc) is 2.90. The topological polar surface area (TPSA) is 86.8 Å². The lowest BCUT2D eigenvalue weighted by Crippen LogP contribution is -2.53. The van der Waals surface area contributed by atoms with Crippen molar-refractivity contribution in [3.05, 3.63) is 102 Å². The molecule has 0 spiro atoms. The SMILES string of the molecule is CCCCNC(=O)C(Cc1ccccc1)N(Cc1ccccc1)C(=O)CN(c1ccccc1F)S(C)(=O)=O. The van der Waals surface area contributed by atoms with Crippen molar-refractivity contribution in [1.29, 1.82) is 0 Å². The van der Waals surface area contributed by atoms with Gasteiger partial charge in [0.25, 0.3) is 0 Å². The molecule has 0 radical (unpaired) electrons. The second-order valence-electron chi connectivity index (χ2n) is 9.08. The largest absolute Gasteiger partial charge is 0.354 e. The van der Waals surface area contributed by atoms with Gasteiger partial charge in [-0.05, 0) is 29.7 Å². The number of carbonyl (C=O) groups excluding carboxylic acids is 2. The number of nitrogens with one attached hydrogen (secondary N) is 1. The van der Waals surface area contributed by atoms with Crippen molar-refractivity contribution in [2.45, 2.75) is 38.8 Å². The highest BCUT2D eigenvalue weighted by molar-refractivity contribution is 7.92. The van der Waals surface area contributed by atoms with Crippen LogP contribution in [0.15, 0.2) is 84.9 Å². The molecule has 3 aromatic carbocycles. The molecule has 1 atom stereocenters. The predicted octanol–water partition coefficient (Wildman–Crippen LogP) is 4.15. The Bertz CT molecular complexity index is 1300. The molecule has 0 aliphatic carbocycles. The monoisotopic (exact) mass is 539 g/mol. The van der Waals surface area contributed by atoms with Gasteiger partial charge in [0.05, 0.1) is 11.9 Å². The van der Waals surface area contributed by atoms with Gasteiger partial charge in [-0.1, -0.05) is 86.1 Å². The first-order valence-corrected chi connectivity index (χ1v) is 14.4. The van der Waals surface area contributed by atoms with Gasteiger partial charge in [0.15, 0.2) is 0 Å². The van der Waals surface area contributed by atoms with E-state index in [1.165, 1.54) is 23.1 Å². The molecule has 0 bridgehead atoms. The first-order chi connectivity index (χ1) is 18.2. The van der Waals surface area contributed by atoms with Gasteiger partial charge in [-0.2, -0.15) is 0 Å². The van der Waals surface area contributed by atoms with Crippen LogP contribution in [0.4, 0.5) is 10.1 Å². The van der Waals surface area contributed by atoms with Gasteiger partial charge < -0.3 is 10.2 Å². The standard InChI is InChI=1S/C29H34FN3O4S/c1-3-4-19-31-29(35)27(20-23-13-7-5-8-14-23)32(21-24-15-9-6-10-16-24)28(34)22-33(38(2,36)37)26-18-12-11-17-25(26)30/h5-18,27H,3-4,19-22H2,1-2H3,(H,31,35). The number of benzene rings is 3. The lowest BCUT2D eigenvalue weighted by atomic mass is 10.0. The molecule has 3 rings (SSSR count). The smallest absolute Gasteiger partial charge is 0.244 e. The number of rotatable bonds is 13. The van der Waals surface area contributed by atoms with Crippen LogP contribution in [0, 0.1) is 5.82 Å². The van der Waals surface area contributed by atoms with Crippen molar-refractivity contribution >= 4 is 27.5 Å². The summed E-state index contributed by atoms with van der Waals surface area (Å²) in [5.41, 5.74) is 1.40. The van der Waals surface area contributed by atoms with Gasteiger partial charge in [-0.25, -0.2) is 12.8 Å². The van der Waals surface area contributed by atoms with E-state index >= 15 is 0 Å². The summed E-state index contributed by atoms with van der Waals surface area (Å²) < 4.78 is 40.7. The predicted molar refractivity (Wildman–Crippen MR) is 147 cm³/mol. The highest BCUT2D eigenvalue weighted by atomic mass is 32.2. The van der Waals surface area contributed by atoms with Crippen LogP contribution in [0.25, 0.3) is 0 Å². The van der Waals surface area contributed by atoms with E-state index in [0.29, 0.717) is 6.54 Å². The van der Waals surface area contributed by atoms with Crippen molar-refractivity contribution in [3.63, 3.8) is 0 Å². The molecule has 9 heteroatoms. The summed E-state index contributed by atoms with van der Waals surface area (Å²) in [6.45, 7) is 1.90. The van der Waals surface area contributed by atoms with E-state index in [-0.39, 0.29) is 24.6 Å². The van der Waals surface area contributed by atoms with E-state index in [9.17, 15) is 22.4 Å². The minimum Gasteiger partial charge on any atom is -0.354 e. The maximum absolute atomic E-state index is 14.6. The van der Waals surface area contributed by atoms with Crippen molar-refractivity contribution < 1.29 is 22.4 Å². The molecule has 1 unspecified atom stereocenters. The number of hydrogen-bond donors (Lipinski definition) is 1. The maximum Gasteiger partial charge on any atom is 0.244 e. The molecule has 3 aromatic rings. The van der Waals surface area contributed by atoms with Gasteiger partial charge in [-0.3, -0.25) is 13.9 Å². The second kappa shape index (κ2) is 13.7. The summed E-state index contributed by atoms with van der Waals surface area (Å²) in [6, 6.07) is 23.0. The molecule has 0 fully saturated rings. The van der Waals surface area contributed by atoms with Gasteiger partial charge >= 0.3 is 0 Å². The van der Waals surface area contributed by atoms with Gasteiger partial charge in [0.1, 0.15) is 18.4 Å². The molecular weight excluding hydrogens is 505 g/mol. The third-order valence-corrected chi connectivity index (χ3v) is 7.22. The molecule has 0 saturated heterocycles. The minimum atomic E-state index is -4.02. The third-order valence-electron chi connectivity index (χ3n) is 6.10. The summed E-state index contributed by atoms with van der Waals surface area (Å²) in [4.78, 5) is 28.7. The molecule has 202 valence electrons. The zero-order valence-corrected chi connectivity index (χ0v) is 22.5. The zero-order chi connectivity index (χ0) is 27.5. The maximum atomic E-state index is 14.6. The van der Waals surface area contributed by atoms with Crippen LogP contribution in [-0.2, 0) is 32.6 Å². The molecule has 0 aliphatic rings. The van der Waals surface area contributed by atoms with Crippen LogP contribution in [0.5, 0.6) is 0 Å². The molecule has 0 aliphatic heterocycles. The third kappa shape index (κ3) is 8.14. The Morgan fingerprint density at radius 3 is 2.05 bits per heavy atom. The number of sulfonamides is 1. The number of amides is 2. The van der Waals surface area contributed by atoms with Crippen LogP contribution in [-0.4, -0.2) is 50.5 Å². The average molecular weight is 540 g/mol. The zero-order valence-electron chi connectivity index (χ0n) is 21.7. The lowest BCUT2D eigenvalue weighted by molar-refractivity contribution is -0.140. The van der Waals surface area contributed by atoms with E-state index < -0.39 is 34.3 Å². The fraction of sp³-hybridized carbons (Fsp3) is 0.310. The number of hydrogen-bond acceptors (Lipinski definition) is 4. The number of carbonyl (C=O) groups is 2. The molecule has 7 nitrogen and oxygen atoms in total. The number of anilines is 1. The molecular formula is C29H34FN3O4S. The fourth-order valence-corrected chi connectivity index (χ4v) is 4.94. The van der Waals surface area contributed by atoms with Crippen LogP contribution in [0.1, 0.15) is 30.9 Å². The Morgan fingerprint density at radius 2 is 1.47 bits per heavy atom. The van der Waals surface area contributed by atoms with Gasteiger partial charge in [-0.15, -0.1) is 0 Å². The Kier molecular flexibility index (Phi) is 10.4. The molecule has 1 N–H and O–H groups in total. The van der Waals surface area contributed by atoms with E-state index in [1.54, 1.807) is 0 Å². The highest BCUT2D eigenvalue weighted by Gasteiger charge is 2.33. The summed E-state index contributed by atoms with van der Waals surface area (Å²) in [7, 11) is -4.02. The van der Waals surface area contributed by atoms with Crippen LogP contribution >= 0.6 is 0 Å². The number of para-hydroxylation sites is 1. The van der Waals surface area contributed by atoms with Crippen LogP contribution in [0.2, 0.25) is 0 Å². The van der Waals surface area contributed by atoms with Gasteiger partial charge in [0.2, 0.25) is 21.8 Å². The Morgan fingerprint density at radius 1 is 0.895 bits per heavy atom. The Labute approximate surface area is 224 Å². The minimum absolute atomic E-state index is 0.0766.